The molecular weight excluding hydrogens is 172 g/mol. The van der Waals surface area contributed by atoms with E-state index in [9.17, 15) is 10.1 Å². The van der Waals surface area contributed by atoms with Gasteiger partial charge in [-0.25, -0.2) is 0 Å². The number of nitro groups is 1. The molecule has 13 heavy (non-hydrogen) atoms. The SMILES string of the molecule is Cn1ncc([N+](=O)[O-])c1[C@@H]1C[C@H]1N. The van der Waals surface area contributed by atoms with Gasteiger partial charge < -0.3 is 5.73 Å². The molecule has 1 fully saturated rings. The van der Waals surface area contributed by atoms with E-state index in [1.165, 1.54) is 10.9 Å². The van der Waals surface area contributed by atoms with E-state index in [1.54, 1.807) is 7.05 Å². The molecule has 0 saturated heterocycles. The second kappa shape index (κ2) is 2.53. The van der Waals surface area contributed by atoms with E-state index in [0.717, 1.165) is 6.42 Å². The van der Waals surface area contributed by atoms with Gasteiger partial charge in [-0.1, -0.05) is 0 Å². The van der Waals surface area contributed by atoms with Crippen LogP contribution < -0.4 is 5.73 Å². The number of aromatic nitrogens is 2. The van der Waals surface area contributed by atoms with E-state index in [1.807, 2.05) is 0 Å². The Morgan fingerprint density at radius 3 is 2.92 bits per heavy atom. The van der Waals surface area contributed by atoms with Crippen molar-refractivity contribution < 1.29 is 4.92 Å². The maximum Gasteiger partial charge on any atom is 0.310 e. The molecule has 6 heteroatoms. The minimum Gasteiger partial charge on any atom is -0.327 e. The standard InChI is InChI=1S/C7H10N4O2/c1-10-7(4-2-5(4)8)6(3-9-10)11(12)13/h3-5H,2,8H2,1H3/t4-,5-/m1/s1. The highest BCUT2D eigenvalue weighted by Crippen LogP contribution is 2.42. The Balaban J connectivity index is 2.41. The molecule has 0 radical (unpaired) electrons. The summed E-state index contributed by atoms with van der Waals surface area (Å²) in [7, 11) is 1.70. The predicted molar refractivity (Wildman–Crippen MR) is 45.2 cm³/mol. The van der Waals surface area contributed by atoms with E-state index >= 15 is 0 Å². The fourth-order valence-electron chi connectivity index (χ4n) is 1.54. The van der Waals surface area contributed by atoms with Crippen molar-refractivity contribution in [3.8, 4) is 0 Å². The second-order valence-electron chi connectivity index (χ2n) is 3.30. The van der Waals surface area contributed by atoms with Crippen molar-refractivity contribution in [1.29, 1.82) is 0 Å². The summed E-state index contributed by atoms with van der Waals surface area (Å²) in [6, 6.07) is 0.0640. The van der Waals surface area contributed by atoms with Crippen LogP contribution in [0.25, 0.3) is 0 Å². The quantitative estimate of drug-likeness (QED) is 0.520. The van der Waals surface area contributed by atoms with Crippen LogP contribution in [0.15, 0.2) is 6.20 Å². The van der Waals surface area contributed by atoms with Crippen LogP contribution in [0, 0.1) is 10.1 Å². The molecule has 1 aliphatic carbocycles. The topological polar surface area (TPSA) is 87.0 Å². The van der Waals surface area contributed by atoms with Gasteiger partial charge in [-0.15, -0.1) is 0 Å². The van der Waals surface area contributed by atoms with Gasteiger partial charge in [0.15, 0.2) is 0 Å². The summed E-state index contributed by atoms with van der Waals surface area (Å²) >= 11 is 0. The molecule has 1 aliphatic rings. The van der Waals surface area contributed by atoms with E-state index in [4.69, 9.17) is 5.73 Å². The maximum absolute atomic E-state index is 10.6. The van der Waals surface area contributed by atoms with Crippen molar-refractivity contribution in [2.75, 3.05) is 0 Å². The fourth-order valence-corrected chi connectivity index (χ4v) is 1.54. The zero-order chi connectivity index (χ0) is 9.59. The zero-order valence-electron chi connectivity index (χ0n) is 7.17. The smallest absolute Gasteiger partial charge is 0.310 e. The average molecular weight is 182 g/mol. The Hall–Kier alpha value is -1.43. The molecule has 0 bridgehead atoms. The molecule has 0 unspecified atom stereocenters. The van der Waals surface area contributed by atoms with Crippen LogP contribution in [0.2, 0.25) is 0 Å². The van der Waals surface area contributed by atoms with Gasteiger partial charge in [-0.05, 0) is 6.42 Å². The Bertz CT molecular complexity index is 359. The van der Waals surface area contributed by atoms with Crippen LogP contribution in [0.3, 0.4) is 0 Å². The van der Waals surface area contributed by atoms with Gasteiger partial charge in [0.05, 0.1) is 4.92 Å². The molecule has 1 heterocycles. The number of aryl methyl sites for hydroxylation is 1. The van der Waals surface area contributed by atoms with Crippen LogP contribution in [0.1, 0.15) is 18.0 Å². The molecule has 0 spiro atoms. The fraction of sp³-hybridized carbons (Fsp3) is 0.571. The summed E-state index contributed by atoms with van der Waals surface area (Å²) in [6.45, 7) is 0. The predicted octanol–water partition coefficient (Wildman–Crippen LogP) is 0.143. The molecule has 1 aromatic rings. The third-order valence-corrected chi connectivity index (χ3v) is 2.35. The van der Waals surface area contributed by atoms with Crippen molar-refractivity contribution in [2.24, 2.45) is 12.8 Å². The number of rotatable bonds is 2. The van der Waals surface area contributed by atoms with Crippen molar-refractivity contribution in [2.45, 2.75) is 18.4 Å². The lowest BCUT2D eigenvalue weighted by molar-refractivity contribution is -0.385. The first-order valence-electron chi connectivity index (χ1n) is 4.03. The lowest BCUT2D eigenvalue weighted by Gasteiger charge is -1.97. The van der Waals surface area contributed by atoms with E-state index in [2.05, 4.69) is 5.10 Å². The third-order valence-electron chi connectivity index (χ3n) is 2.35. The van der Waals surface area contributed by atoms with Crippen molar-refractivity contribution in [1.82, 2.24) is 9.78 Å². The number of hydrogen-bond donors (Lipinski definition) is 1. The highest BCUT2D eigenvalue weighted by Gasteiger charge is 2.42. The lowest BCUT2D eigenvalue weighted by Crippen LogP contribution is -2.06. The van der Waals surface area contributed by atoms with Crippen LogP contribution >= 0.6 is 0 Å². The highest BCUT2D eigenvalue weighted by atomic mass is 16.6. The van der Waals surface area contributed by atoms with Gasteiger partial charge in [-0.3, -0.25) is 14.8 Å². The van der Waals surface area contributed by atoms with E-state index < -0.39 is 4.92 Å². The number of hydrogen-bond acceptors (Lipinski definition) is 4. The molecule has 0 aliphatic heterocycles. The molecule has 2 atom stereocenters. The molecule has 0 amide bonds. The molecule has 6 nitrogen and oxygen atoms in total. The molecule has 2 rings (SSSR count). The molecule has 70 valence electrons. The monoisotopic (exact) mass is 182 g/mol. The maximum atomic E-state index is 10.6. The number of nitrogens with two attached hydrogens (primary N) is 1. The first-order valence-corrected chi connectivity index (χ1v) is 4.03. The summed E-state index contributed by atoms with van der Waals surface area (Å²) in [4.78, 5) is 10.2. The highest BCUT2D eigenvalue weighted by molar-refractivity contribution is 5.40. The normalized spacial score (nSPS) is 26.0. The summed E-state index contributed by atoms with van der Waals surface area (Å²) in [5.41, 5.74) is 6.37. The van der Waals surface area contributed by atoms with Crippen LogP contribution in [0.4, 0.5) is 5.69 Å². The van der Waals surface area contributed by atoms with Crippen molar-refractivity contribution in [3.05, 3.63) is 22.0 Å². The first kappa shape index (κ1) is 8.18. The molecule has 1 aromatic heterocycles. The molecule has 1 saturated carbocycles. The Labute approximate surface area is 74.5 Å². The number of nitrogens with zero attached hydrogens (tertiary/aromatic N) is 3. The minimum atomic E-state index is -0.409. The lowest BCUT2D eigenvalue weighted by atomic mass is 10.2. The second-order valence-corrected chi connectivity index (χ2v) is 3.30. The van der Waals surface area contributed by atoms with Crippen LogP contribution in [-0.4, -0.2) is 20.7 Å². The molecule has 0 aromatic carbocycles. The summed E-state index contributed by atoms with van der Waals surface area (Å²) in [6.07, 6.45) is 2.10. The van der Waals surface area contributed by atoms with E-state index in [0.29, 0.717) is 5.69 Å². The first-order chi connectivity index (χ1) is 6.11. The van der Waals surface area contributed by atoms with Crippen molar-refractivity contribution in [3.63, 3.8) is 0 Å². The van der Waals surface area contributed by atoms with Gasteiger partial charge in [0.25, 0.3) is 0 Å². The van der Waals surface area contributed by atoms with Gasteiger partial charge in [0.1, 0.15) is 11.9 Å². The summed E-state index contributed by atoms with van der Waals surface area (Å²) in [5, 5.41) is 14.4. The van der Waals surface area contributed by atoms with Crippen LogP contribution in [0.5, 0.6) is 0 Å². The Kier molecular flexibility index (Phi) is 1.59. The Morgan fingerprint density at radius 1 is 1.85 bits per heavy atom. The minimum absolute atomic E-state index is 0.0640. The Morgan fingerprint density at radius 2 is 2.46 bits per heavy atom. The molecular formula is C7H10N4O2. The van der Waals surface area contributed by atoms with Gasteiger partial charge in [0, 0.05) is 19.0 Å². The molecule has 2 N–H and O–H groups in total. The van der Waals surface area contributed by atoms with Crippen molar-refractivity contribution >= 4 is 5.69 Å². The van der Waals surface area contributed by atoms with Gasteiger partial charge in [-0.2, -0.15) is 5.10 Å². The van der Waals surface area contributed by atoms with Gasteiger partial charge in [0.2, 0.25) is 0 Å². The van der Waals surface area contributed by atoms with Gasteiger partial charge >= 0.3 is 5.69 Å². The van der Waals surface area contributed by atoms with E-state index in [-0.39, 0.29) is 17.6 Å². The van der Waals surface area contributed by atoms with Crippen LogP contribution in [-0.2, 0) is 7.05 Å². The zero-order valence-corrected chi connectivity index (χ0v) is 7.17. The average Bonchev–Trinajstić information content (AvgIpc) is 2.60. The summed E-state index contributed by atoms with van der Waals surface area (Å²) in [5.74, 6) is 0.118. The largest absolute Gasteiger partial charge is 0.327 e. The third kappa shape index (κ3) is 1.19. The summed E-state index contributed by atoms with van der Waals surface area (Å²) < 4.78 is 1.54.